The van der Waals surface area contributed by atoms with Gasteiger partial charge >= 0.3 is 6.18 Å². The third-order valence-corrected chi connectivity index (χ3v) is 5.46. The highest BCUT2D eigenvalue weighted by atomic mass is 32.2. The molecule has 1 amide bonds. The molecule has 8 heteroatoms. The van der Waals surface area contributed by atoms with Gasteiger partial charge in [-0.2, -0.15) is 13.2 Å². The van der Waals surface area contributed by atoms with Gasteiger partial charge in [0, 0.05) is 18.2 Å². The molecule has 1 atom stereocenters. The van der Waals surface area contributed by atoms with E-state index in [-0.39, 0.29) is 17.1 Å². The molecule has 1 fully saturated rings. The predicted molar refractivity (Wildman–Crippen MR) is 75.2 cm³/mol. The van der Waals surface area contributed by atoms with Crippen LogP contribution in [0.15, 0.2) is 24.3 Å². The Kier molecular flexibility index (Phi) is 4.51. The second-order valence-corrected chi connectivity index (χ2v) is 7.45. The van der Waals surface area contributed by atoms with Gasteiger partial charge in [-0.05, 0) is 37.6 Å². The molecule has 22 heavy (non-hydrogen) atoms. The Bertz CT molecular complexity index is 653. The zero-order valence-corrected chi connectivity index (χ0v) is 12.7. The standard InChI is InChI=1S/C14H16F3NO3S/c1-2-18(12-7-8-22(20,21)9-12)13(19)10-3-5-11(6-4-10)14(15,16)17/h3-6,12H,2,7-9H2,1H3. The highest BCUT2D eigenvalue weighted by Gasteiger charge is 2.35. The molecule has 0 spiro atoms. The molecule has 1 saturated heterocycles. The monoisotopic (exact) mass is 335 g/mol. The Balaban J connectivity index is 2.19. The summed E-state index contributed by atoms with van der Waals surface area (Å²) in [6.45, 7) is 2.02. The van der Waals surface area contributed by atoms with Gasteiger partial charge in [-0.3, -0.25) is 4.79 Å². The number of hydrogen-bond acceptors (Lipinski definition) is 3. The molecule has 1 aliphatic heterocycles. The summed E-state index contributed by atoms with van der Waals surface area (Å²) in [5.41, 5.74) is -0.699. The summed E-state index contributed by atoms with van der Waals surface area (Å²) in [4.78, 5) is 13.8. The first-order valence-electron chi connectivity index (χ1n) is 6.82. The number of benzene rings is 1. The average Bonchev–Trinajstić information content (AvgIpc) is 2.79. The minimum absolute atomic E-state index is 0.0362. The summed E-state index contributed by atoms with van der Waals surface area (Å²) in [7, 11) is -3.14. The molecular weight excluding hydrogens is 319 g/mol. The summed E-state index contributed by atoms with van der Waals surface area (Å²) < 4.78 is 60.6. The highest BCUT2D eigenvalue weighted by molar-refractivity contribution is 7.91. The van der Waals surface area contributed by atoms with E-state index < -0.39 is 33.5 Å². The Labute approximate surface area is 126 Å². The largest absolute Gasteiger partial charge is 0.416 e. The van der Waals surface area contributed by atoms with Crippen molar-refractivity contribution in [3.05, 3.63) is 35.4 Å². The number of alkyl halides is 3. The number of hydrogen-bond donors (Lipinski definition) is 0. The lowest BCUT2D eigenvalue weighted by Crippen LogP contribution is -2.41. The summed E-state index contributed by atoms with van der Waals surface area (Å²) in [5.74, 6) is -0.500. The topological polar surface area (TPSA) is 54.5 Å². The summed E-state index contributed by atoms with van der Waals surface area (Å²) in [5, 5.41) is 0. The van der Waals surface area contributed by atoms with E-state index in [0.717, 1.165) is 24.3 Å². The minimum atomic E-state index is -4.45. The summed E-state index contributed by atoms with van der Waals surface area (Å²) in [6, 6.07) is 3.54. The van der Waals surface area contributed by atoms with Crippen LogP contribution in [0.2, 0.25) is 0 Å². The Morgan fingerprint density at radius 2 is 1.86 bits per heavy atom. The lowest BCUT2D eigenvalue weighted by Gasteiger charge is -2.27. The van der Waals surface area contributed by atoms with Crippen LogP contribution in [-0.2, 0) is 16.0 Å². The van der Waals surface area contributed by atoms with E-state index in [1.807, 2.05) is 0 Å². The fourth-order valence-electron chi connectivity index (χ4n) is 2.56. The maximum atomic E-state index is 12.5. The van der Waals surface area contributed by atoms with Crippen molar-refractivity contribution < 1.29 is 26.4 Å². The van der Waals surface area contributed by atoms with E-state index in [4.69, 9.17) is 0 Å². The van der Waals surface area contributed by atoms with Crippen molar-refractivity contribution in [2.75, 3.05) is 18.1 Å². The molecular formula is C14H16F3NO3S. The van der Waals surface area contributed by atoms with Crippen molar-refractivity contribution >= 4 is 15.7 Å². The van der Waals surface area contributed by atoms with Crippen LogP contribution in [0.25, 0.3) is 0 Å². The number of sulfone groups is 1. The predicted octanol–water partition coefficient (Wildman–Crippen LogP) is 2.35. The molecule has 0 bridgehead atoms. The zero-order valence-electron chi connectivity index (χ0n) is 11.9. The Morgan fingerprint density at radius 3 is 2.27 bits per heavy atom. The van der Waals surface area contributed by atoms with Crippen LogP contribution in [0, 0.1) is 0 Å². The van der Waals surface area contributed by atoms with Gasteiger partial charge in [0.25, 0.3) is 5.91 Å². The Morgan fingerprint density at radius 1 is 1.27 bits per heavy atom. The van der Waals surface area contributed by atoms with Crippen LogP contribution in [0.4, 0.5) is 13.2 Å². The second-order valence-electron chi connectivity index (χ2n) is 5.22. The van der Waals surface area contributed by atoms with Crippen LogP contribution in [0.3, 0.4) is 0 Å². The van der Waals surface area contributed by atoms with Crippen molar-refractivity contribution in [2.45, 2.75) is 25.6 Å². The first-order valence-corrected chi connectivity index (χ1v) is 8.65. The van der Waals surface area contributed by atoms with E-state index in [0.29, 0.717) is 13.0 Å². The highest BCUT2D eigenvalue weighted by Crippen LogP contribution is 2.29. The fourth-order valence-corrected chi connectivity index (χ4v) is 4.29. The van der Waals surface area contributed by atoms with Crippen molar-refractivity contribution in [3.63, 3.8) is 0 Å². The van der Waals surface area contributed by atoms with Gasteiger partial charge in [0.2, 0.25) is 0 Å². The van der Waals surface area contributed by atoms with Crippen LogP contribution in [0.1, 0.15) is 29.3 Å². The van der Waals surface area contributed by atoms with Crippen molar-refractivity contribution in [2.24, 2.45) is 0 Å². The van der Waals surface area contributed by atoms with Crippen LogP contribution in [0.5, 0.6) is 0 Å². The first-order chi connectivity index (χ1) is 10.1. The van der Waals surface area contributed by atoms with Crippen LogP contribution in [-0.4, -0.2) is 43.3 Å². The molecule has 0 aliphatic carbocycles. The van der Waals surface area contributed by atoms with Gasteiger partial charge in [-0.15, -0.1) is 0 Å². The molecule has 1 aliphatic rings. The van der Waals surface area contributed by atoms with Gasteiger partial charge in [0.15, 0.2) is 9.84 Å². The van der Waals surface area contributed by atoms with Crippen LogP contribution < -0.4 is 0 Å². The van der Waals surface area contributed by atoms with E-state index in [2.05, 4.69) is 0 Å². The molecule has 4 nitrogen and oxygen atoms in total. The smallest absolute Gasteiger partial charge is 0.335 e. The lowest BCUT2D eigenvalue weighted by molar-refractivity contribution is -0.137. The molecule has 1 aromatic rings. The summed E-state index contributed by atoms with van der Waals surface area (Å²) in [6.07, 6.45) is -4.09. The number of rotatable bonds is 3. The second kappa shape index (κ2) is 5.91. The van der Waals surface area contributed by atoms with Crippen LogP contribution >= 0.6 is 0 Å². The maximum absolute atomic E-state index is 12.5. The minimum Gasteiger partial charge on any atom is -0.335 e. The van der Waals surface area contributed by atoms with E-state index >= 15 is 0 Å². The Hall–Kier alpha value is -1.57. The number of amides is 1. The van der Waals surface area contributed by atoms with Crippen molar-refractivity contribution in [1.82, 2.24) is 4.90 Å². The van der Waals surface area contributed by atoms with Gasteiger partial charge in [0.05, 0.1) is 17.1 Å². The number of halogens is 3. The molecule has 122 valence electrons. The number of nitrogens with zero attached hydrogens (tertiary/aromatic N) is 1. The van der Waals surface area contributed by atoms with Crippen molar-refractivity contribution in [3.8, 4) is 0 Å². The average molecular weight is 335 g/mol. The van der Waals surface area contributed by atoms with E-state index in [1.54, 1.807) is 6.92 Å². The van der Waals surface area contributed by atoms with Gasteiger partial charge in [-0.25, -0.2) is 8.42 Å². The molecule has 1 aromatic carbocycles. The third-order valence-electron chi connectivity index (χ3n) is 3.71. The molecule has 0 N–H and O–H groups in total. The zero-order chi connectivity index (χ0) is 16.5. The quantitative estimate of drug-likeness (QED) is 0.852. The van der Waals surface area contributed by atoms with E-state index in [9.17, 15) is 26.4 Å². The first kappa shape index (κ1) is 16.8. The fraction of sp³-hybridized carbons (Fsp3) is 0.500. The molecule has 0 aromatic heterocycles. The SMILES string of the molecule is CCN(C(=O)c1ccc(C(F)(F)F)cc1)C1CCS(=O)(=O)C1. The number of carbonyl (C=O) groups is 1. The van der Waals surface area contributed by atoms with Gasteiger partial charge < -0.3 is 4.90 Å². The number of carbonyl (C=O) groups excluding carboxylic acids is 1. The van der Waals surface area contributed by atoms with Gasteiger partial charge in [0.1, 0.15) is 0 Å². The molecule has 1 heterocycles. The maximum Gasteiger partial charge on any atom is 0.416 e. The lowest BCUT2D eigenvalue weighted by atomic mass is 10.1. The molecule has 0 saturated carbocycles. The van der Waals surface area contributed by atoms with E-state index in [1.165, 1.54) is 4.90 Å². The van der Waals surface area contributed by atoms with Gasteiger partial charge in [-0.1, -0.05) is 0 Å². The third kappa shape index (κ3) is 3.60. The molecule has 1 unspecified atom stereocenters. The molecule has 2 rings (SSSR count). The van der Waals surface area contributed by atoms with Crippen molar-refractivity contribution in [1.29, 1.82) is 0 Å². The molecule has 0 radical (unpaired) electrons. The normalized spacial score (nSPS) is 20.8. The summed E-state index contributed by atoms with van der Waals surface area (Å²) >= 11 is 0.